The Balaban J connectivity index is 0.000000178. The highest BCUT2D eigenvalue weighted by atomic mass is 35.5. The fourth-order valence-electron chi connectivity index (χ4n) is 1.35. The maximum Gasteiger partial charge on any atom is 0.228 e. The lowest BCUT2D eigenvalue weighted by molar-refractivity contribution is -0.117. The average molecular weight is 292 g/mol. The van der Waals surface area contributed by atoms with E-state index in [2.05, 4.69) is 25.3 Å². The summed E-state index contributed by atoms with van der Waals surface area (Å²) in [4.78, 5) is 26.6. The smallest absolute Gasteiger partial charge is 0.228 e. The van der Waals surface area contributed by atoms with Crippen LogP contribution in [0.15, 0.2) is 31.0 Å². The van der Waals surface area contributed by atoms with Crippen LogP contribution in [0, 0.1) is 12.8 Å². The Kier molecular flexibility index (Phi) is 4.95. The second-order valence-electron chi connectivity index (χ2n) is 4.34. The highest BCUT2D eigenvalue weighted by molar-refractivity contribution is 6.29. The zero-order valence-corrected chi connectivity index (χ0v) is 11.7. The molecule has 0 aliphatic heterocycles. The molecule has 2 heterocycles. The largest absolute Gasteiger partial charge is 0.310 e. The summed E-state index contributed by atoms with van der Waals surface area (Å²) in [6.07, 6.45) is 8.34. The number of anilines is 1. The van der Waals surface area contributed by atoms with Gasteiger partial charge in [-0.25, -0.2) is 9.97 Å². The quantitative estimate of drug-likeness (QED) is 0.858. The maximum atomic E-state index is 11.3. The number of carbonyl (C=O) groups excluding carboxylic acids is 1. The fraction of sp³-hybridized carbons (Fsp3) is 0.308. The molecule has 0 atom stereocenters. The summed E-state index contributed by atoms with van der Waals surface area (Å²) in [6.45, 7) is 1.91. The number of nitrogens with one attached hydrogen (secondary N) is 1. The highest BCUT2D eigenvalue weighted by Gasteiger charge is 2.29. The molecule has 1 fully saturated rings. The molecule has 104 valence electrons. The van der Waals surface area contributed by atoms with E-state index in [9.17, 15) is 4.79 Å². The third-order valence-electron chi connectivity index (χ3n) is 2.53. The Morgan fingerprint density at radius 1 is 1.30 bits per heavy atom. The van der Waals surface area contributed by atoms with Crippen molar-refractivity contribution in [3.05, 3.63) is 41.8 Å². The summed E-state index contributed by atoms with van der Waals surface area (Å²) in [5.41, 5.74) is 0.961. The van der Waals surface area contributed by atoms with E-state index >= 15 is 0 Å². The lowest BCUT2D eigenvalue weighted by Gasteiger charge is -2.01. The van der Waals surface area contributed by atoms with Crippen LogP contribution >= 0.6 is 11.6 Å². The van der Waals surface area contributed by atoms with Crippen LogP contribution in [0.1, 0.15) is 18.5 Å². The first kappa shape index (κ1) is 14.3. The van der Waals surface area contributed by atoms with Crippen LogP contribution in [0.2, 0.25) is 5.15 Å². The molecule has 0 radical (unpaired) electrons. The first-order chi connectivity index (χ1) is 9.65. The van der Waals surface area contributed by atoms with Gasteiger partial charge in [0.15, 0.2) is 0 Å². The Hall–Kier alpha value is -2.08. The number of carbonyl (C=O) groups is 1. The molecule has 2 aromatic heterocycles. The van der Waals surface area contributed by atoms with Gasteiger partial charge in [-0.15, -0.1) is 0 Å². The highest BCUT2D eigenvalue weighted by Crippen LogP contribution is 2.29. The lowest BCUT2D eigenvalue weighted by Crippen LogP contribution is -2.14. The molecule has 1 amide bonds. The van der Waals surface area contributed by atoms with Crippen LogP contribution in [0.5, 0.6) is 0 Å². The molecule has 3 rings (SSSR count). The molecule has 20 heavy (non-hydrogen) atoms. The number of hydrogen-bond acceptors (Lipinski definition) is 5. The standard InChI is InChI=1S/C8H8ClN3O.C5H6N2/c9-6-3-7(11-4-10-6)12-8(13)5-1-2-5;1-5-4-6-2-3-7-5/h3-5H,1-2H2,(H,10,11,12,13);2-4H,1H3. The van der Waals surface area contributed by atoms with Crippen molar-refractivity contribution in [3.8, 4) is 0 Å². The predicted octanol–water partition coefficient (Wildman–Crippen LogP) is 2.26. The minimum atomic E-state index is 0.0229. The first-order valence-corrected chi connectivity index (χ1v) is 6.54. The molecule has 1 N–H and O–H groups in total. The van der Waals surface area contributed by atoms with E-state index in [4.69, 9.17) is 11.6 Å². The molecule has 1 aliphatic rings. The van der Waals surface area contributed by atoms with Crippen LogP contribution in [-0.2, 0) is 4.79 Å². The normalized spacial score (nSPS) is 13.1. The molecule has 0 bridgehead atoms. The first-order valence-electron chi connectivity index (χ1n) is 6.16. The minimum Gasteiger partial charge on any atom is -0.310 e. The van der Waals surface area contributed by atoms with Gasteiger partial charge < -0.3 is 5.32 Å². The SMILES string of the molecule is Cc1cnccn1.O=C(Nc1cc(Cl)ncn1)C1CC1. The zero-order chi connectivity index (χ0) is 14.4. The van der Waals surface area contributed by atoms with Gasteiger partial charge in [0, 0.05) is 30.6 Å². The Morgan fingerprint density at radius 3 is 2.60 bits per heavy atom. The Morgan fingerprint density at radius 2 is 2.10 bits per heavy atom. The molecule has 6 nitrogen and oxygen atoms in total. The van der Waals surface area contributed by atoms with Gasteiger partial charge in [-0.1, -0.05) is 11.6 Å². The van der Waals surface area contributed by atoms with Crippen molar-refractivity contribution in [3.63, 3.8) is 0 Å². The van der Waals surface area contributed by atoms with E-state index in [1.807, 2.05) is 6.92 Å². The molecule has 0 unspecified atom stereocenters. The van der Waals surface area contributed by atoms with Crippen LogP contribution in [0.4, 0.5) is 5.82 Å². The predicted molar refractivity (Wildman–Crippen MR) is 75.2 cm³/mol. The van der Waals surface area contributed by atoms with E-state index < -0.39 is 0 Å². The van der Waals surface area contributed by atoms with Crippen LogP contribution in [0.25, 0.3) is 0 Å². The molecule has 1 aliphatic carbocycles. The average Bonchev–Trinajstić information content (AvgIpc) is 3.24. The zero-order valence-electron chi connectivity index (χ0n) is 11.0. The second-order valence-corrected chi connectivity index (χ2v) is 4.72. The van der Waals surface area contributed by atoms with Crippen LogP contribution in [-0.4, -0.2) is 25.8 Å². The Labute approximate surface area is 121 Å². The number of aromatic nitrogens is 4. The van der Waals surface area contributed by atoms with E-state index in [0.717, 1.165) is 18.5 Å². The van der Waals surface area contributed by atoms with E-state index in [0.29, 0.717) is 11.0 Å². The third kappa shape index (κ3) is 4.89. The second kappa shape index (κ2) is 6.91. The van der Waals surface area contributed by atoms with Gasteiger partial charge in [0.1, 0.15) is 17.3 Å². The van der Waals surface area contributed by atoms with Gasteiger partial charge in [0.25, 0.3) is 0 Å². The number of rotatable bonds is 2. The molecule has 0 saturated heterocycles. The van der Waals surface area contributed by atoms with Gasteiger partial charge in [0.05, 0.1) is 5.69 Å². The van der Waals surface area contributed by atoms with E-state index in [-0.39, 0.29) is 11.8 Å². The topological polar surface area (TPSA) is 80.7 Å². The summed E-state index contributed by atoms with van der Waals surface area (Å²) in [5, 5.41) is 3.00. The van der Waals surface area contributed by atoms with Gasteiger partial charge in [-0.05, 0) is 19.8 Å². The number of nitrogens with zero attached hydrogens (tertiary/aromatic N) is 4. The van der Waals surface area contributed by atoms with Crippen molar-refractivity contribution in [1.29, 1.82) is 0 Å². The van der Waals surface area contributed by atoms with Gasteiger partial charge in [-0.2, -0.15) is 0 Å². The number of hydrogen-bond donors (Lipinski definition) is 1. The van der Waals surface area contributed by atoms with Gasteiger partial charge in [0.2, 0.25) is 5.91 Å². The van der Waals surface area contributed by atoms with Crippen molar-refractivity contribution in [1.82, 2.24) is 19.9 Å². The monoisotopic (exact) mass is 291 g/mol. The Bertz CT molecular complexity index is 574. The van der Waals surface area contributed by atoms with Crippen LogP contribution < -0.4 is 5.32 Å². The maximum absolute atomic E-state index is 11.3. The summed E-state index contributed by atoms with van der Waals surface area (Å²) in [5.74, 6) is 0.667. The summed E-state index contributed by atoms with van der Waals surface area (Å²) in [6, 6.07) is 1.53. The van der Waals surface area contributed by atoms with Gasteiger partial charge >= 0.3 is 0 Å². The summed E-state index contributed by atoms with van der Waals surface area (Å²) in [7, 11) is 0. The third-order valence-corrected chi connectivity index (χ3v) is 2.73. The lowest BCUT2D eigenvalue weighted by atomic mass is 10.4. The summed E-state index contributed by atoms with van der Waals surface area (Å²) >= 11 is 5.62. The molecule has 7 heteroatoms. The molecular weight excluding hydrogens is 278 g/mol. The number of halogens is 1. The van der Waals surface area contributed by atoms with Crippen molar-refractivity contribution >= 4 is 23.3 Å². The van der Waals surface area contributed by atoms with Crippen molar-refractivity contribution in [2.24, 2.45) is 5.92 Å². The summed E-state index contributed by atoms with van der Waals surface area (Å²) < 4.78 is 0. The number of amides is 1. The minimum absolute atomic E-state index is 0.0229. The fourth-order valence-corrected chi connectivity index (χ4v) is 1.50. The van der Waals surface area contributed by atoms with E-state index in [1.54, 1.807) is 18.6 Å². The number of aryl methyl sites for hydroxylation is 1. The molecule has 2 aromatic rings. The molecule has 0 aromatic carbocycles. The van der Waals surface area contributed by atoms with Crippen LogP contribution in [0.3, 0.4) is 0 Å². The molecule has 1 saturated carbocycles. The van der Waals surface area contributed by atoms with Gasteiger partial charge in [-0.3, -0.25) is 14.8 Å². The van der Waals surface area contributed by atoms with Crippen molar-refractivity contribution < 1.29 is 4.79 Å². The van der Waals surface area contributed by atoms with Crippen molar-refractivity contribution in [2.75, 3.05) is 5.32 Å². The molecule has 0 spiro atoms. The molecular formula is C13H14ClN5O. The van der Waals surface area contributed by atoms with Crippen molar-refractivity contribution in [2.45, 2.75) is 19.8 Å². The van der Waals surface area contributed by atoms with E-state index in [1.165, 1.54) is 12.4 Å².